The van der Waals surface area contributed by atoms with Crippen LogP contribution in [0.5, 0.6) is 0 Å². The lowest BCUT2D eigenvalue weighted by Crippen LogP contribution is -2.55. The summed E-state index contributed by atoms with van der Waals surface area (Å²) in [5.74, 6) is -0.581. The zero-order valence-electron chi connectivity index (χ0n) is 26.2. The smallest absolute Gasteiger partial charge is 0.408 e. The number of nitrogens with one attached hydrogen (secondary N) is 2. The zero-order chi connectivity index (χ0) is 29.7. The van der Waals surface area contributed by atoms with Crippen molar-refractivity contribution in [1.82, 2.24) is 15.5 Å². The molecule has 1 saturated carbocycles. The minimum absolute atomic E-state index is 0.125. The molecule has 2 N–H and O–H groups in total. The Morgan fingerprint density at radius 2 is 1.65 bits per heavy atom. The molecule has 3 amide bonds. The molecular weight excluding hydrogens is 502 g/mol. The van der Waals surface area contributed by atoms with Crippen LogP contribution in [-0.2, 0) is 14.3 Å². The van der Waals surface area contributed by atoms with Crippen LogP contribution in [0.25, 0.3) is 0 Å². The summed E-state index contributed by atoms with van der Waals surface area (Å²) < 4.78 is 5.49. The first-order valence-electron chi connectivity index (χ1n) is 15.6. The molecule has 1 aromatic carbocycles. The number of nitrogens with zero attached hydrogens (tertiary/aromatic N) is 1. The Bertz CT molecular complexity index is 934. The molecule has 0 heterocycles. The molecule has 2 atom stereocenters. The Labute approximate surface area is 243 Å². The summed E-state index contributed by atoms with van der Waals surface area (Å²) in [5.41, 5.74) is 1.15. The number of amides is 3. The second kappa shape index (κ2) is 16.6. The first-order valence-corrected chi connectivity index (χ1v) is 15.6. The van der Waals surface area contributed by atoms with Gasteiger partial charge >= 0.3 is 6.09 Å². The van der Waals surface area contributed by atoms with E-state index in [4.69, 9.17) is 4.74 Å². The van der Waals surface area contributed by atoms with Crippen molar-refractivity contribution >= 4 is 17.9 Å². The van der Waals surface area contributed by atoms with Gasteiger partial charge in [-0.15, -0.1) is 0 Å². The molecule has 1 aromatic rings. The number of benzene rings is 1. The van der Waals surface area contributed by atoms with Crippen molar-refractivity contribution in [2.45, 2.75) is 143 Å². The van der Waals surface area contributed by atoms with Gasteiger partial charge < -0.3 is 20.3 Å². The highest BCUT2D eigenvalue weighted by Gasteiger charge is 2.38. The third-order valence-corrected chi connectivity index (χ3v) is 7.51. The van der Waals surface area contributed by atoms with Crippen LogP contribution in [0.15, 0.2) is 24.3 Å². The summed E-state index contributed by atoms with van der Waals surface area (Å²) in [6.07, 6.45) is 11.1. The molecule has 0 aliphatic heterocycles. The fraction of sp³-hybridized carbons (Fsp3) is 0.727. The van der Waals surface area contributed by atoms with Gasteiger partial charge in [0.1, 0.15) is 17.7 Å². The first-order chi connectivity index (χ1) is 18.9. The van der Waals surface area contributed by atoms with Crippen molar-refractivity contribution in [2.24, 2.45) is 5.92 Å². The van der Waals surface area contributed by atoms with E-state index in [9.17, 15) is 14.4 Å². The van der Waals surface area contributed by atoms with Crippen LogP contribution in [-0.4, -0.2) is 47.0 Å². The number of rotatable bonds is 14. The Hall–Kier alpha value is -2.57. The van der Waals surface area contributed by atoms with Crippen LogP contribution in [0, 0.1) is 12.8 Å². The lowest BCUT2D eigenvalue weighted by Gasteiger charge is -2.36. The lowest BCUT2D eigenvalue weighted by atomic mass is 9.94. The van der Waals surface area contributed by atoms with Crippen molar-refractivity contribution in [3.8, 4) is 0 Å². The molecule has 0 saturated heterocycles. The molecule has 0 spiro atoms. The van der Waals surface area contributed by atoms with Crippen molar-refractivity contribution in [2.75, 3.05) is 6.54 Å². The normalized spacial score (nSPS) is 15.8. The first kappa shape index (κ1) is 33.6. The monoisotopic (exact) mass is 557 g/mol. The summed E-state index contributed by atoms with van der Waals surface area (Å²) in [4.78, 5) is 42.8. The molecule has 0 bridgehead atoms. The zero-order valence-corrected chi connectivity index (χ0v) is 26.2. The SMILES string of the molecule is CCCCCCCCN(C(=O)C(NC(=O)OC(C)(C)C)C(C)C)C(C(=O)NC1CCCCC1)c1cccc(C)c1. The minimum Gasteiger partial charge on any atom is -0.444 e. The molecular formula is C33H55N3O4. The molecule has 1 aliphatic rings. The van der Waals surface area contributed by atoms with Crippen LogP contribution < -0.4 is 10.6 Å². The Kier molecular flexibility index (Phi) is 14.0. The standard InChI is InChI=1S/C33H55N3O4/c1-8-9-10-11-12-16-22-36(31(38)28(24(2)3)35-32(39)40-33(5,6)7)29(26-19-17-18-25(4)23-26)30(37)34-27-20-14-13-15-21-27/h17-19,23-24,27-29H,8-16,20-22H2,1-7H3,(H,34,37)(H,35,39). The molecule has 226 valence electrons. The van der Waals surface area contributed by atoms with Crippen molar-refractivity contribution in [3.63, 3.8) is 0 Å². The van der Waals surface area contributed by atoms with Gasteiger partial charge in [-0.1, -0.05) is 102 Å². The Morgan fingerprint density at radius 1 is 1.00 bits per heavy atom. The minimum atomic E-state index is -0.815. The summed E-state index contributed by atoms with van der Waals surface area (Å²) >= 11 is 0. The maximum atomic E-state index is 14.3. The van der Waals surface area contributed by atoms with E-state index in [0.29, 0.717) is 6.54 Å². The third kappa shape index (κ3) is 11.5. The predicted octanol–water partition coefficient (Wildman–Crippen LogP) is 7.22. The van der Waals surface area contributed by atoms with Crippen molar-refractivity contribution in [1.29, 1.82) is 0 Å². The van der Waals surface area contributed by atoms with E-state index < -0.39 is 23.8 Å². The molecule has 0 radical (unpaired) electrons. The van der Waals surface area contributed by atoms with Crippen LogP contribution in [0.3, 0.4) is 0 Å². The van der Waals surface area contributed by atoms with E-state index in [1.165, 1.54) is 25.7 Å². The fourth-order valence-electron chi connectivity index (χ4n) is 5.40. The van der Waals surface area contributed by atoms with Gasteiger partial charge in [0.25, 0.3) is 0 Å². The molecule has 1 aliphatic carbocycles. The molecule has 40 heavy (non-hydrogen) atoms. The van der Waals surface area contributed by atoms with Gasteiger partial charge in [-0.2, -0.15) is 0 Å². The molecule has 2 rings (SSSR count). The highest BCUT2D eigenvalue weighted by atomic mass is 16.6. The van der Waals surface area contributed by atoms with Gasteiger partial charge in [0.2, 0.25) is 11.8 Å². The highest BCUT2D eigenvalue weighted by Crippen LogP contribution is 2.27. The van der Waals surface area contributed by atoms with E-state index in [-0.39, 0.29) is 23.8 Å². The summed E-state index contributed by atoms with van der Waals surface area (Å²) in [7, 11) is 0. The maximum Gasteiger partial charge on any atom is 0.408 e. The largest absolute Gasteiger partial charge is 0.444 e. The number of aryl methyl sites for hydroxylation is 1. The van der Waals surface area contributed by atoms with E-state index in [2.05, 4.69) is 17.6 Å². The average molecular weight is 558 g/mol. The van der Waals surface area contributed by atoms with Crippen LogP contribution in [0.2, 0.25) is 0 Å². The summed E-state index contributed by atoms with van der Waals surface area (Å²) in [5, 5.41) is 6.11. The summed E-state index contributed by atoms with van der Waals surface area (Å²) in [6.45, 7) is 13.9. The van der Waals surface area contributed by atoms with E-state index in [1.807, 2.05) is 45.0 Å². The van der Waals surface area contributed by atoms with Crippen molar-refractivity contribution in [3.05, 3.63) is 35.4 Å². The Balaban J connectivity index is 2.41. The highest BCUT2D eigenvalue weighted by molar-refractivity contribution is 5.92. The van der Waals surface area contributed by atoms with E-state index >= 15 is 0 Å². The average Bonchev–Trinajstić information content (AvgIpc) is 2.87. The van der Waals surface area contributed by atoms with Gasteiger partial charge in [0.15, 0.2) is 0 Å². The Morgan fingerprint density at radius 3 is 2.25 bits per heavy atom. The number of hydrogen-bond acceptors (Lipinski definition) is 4. The molecule has 7 heteroatoms. The third-order valence-electron chi connectivity index (χ3n) is 7.51. The van der Waals surface area contributed by atoms with Gasteiger partial charge in [-0.25, -0.2) is 4.79 Å². The van der Waals surface area contributed by atoms with Gasteiger partial charge in [-0.3, -0.25) is 9.59 Å². The topological polar surface area (TPSA) is 87.7 Å². The predicted molar refractivity (Wildman–Crippen MR) is 162 cm³/mol. The number of carbonyl (C=O) groups is 3. The van der Waals surface area contributed by atoms with E-state index in [0.717, 1.165) is 56.1 Å². The van der Waals surface area contributed by atoms with Crippen LogP contribution >= 0.6 is 0 Å². The van der Waals surface area contributed by atoms with Crippen molar-refractivity contribution < 1.29 is 19.1 Å². The number of ether oxygens (including phenoxy) is 1. The number of hydrogen-bond donors (Lipinski definition) is 2. The summed E-state index contributed by atoms with van der Waals surface area (Å²) in [6, 6.07) is 6.42. The lowest BCUT2D eigenvalue weighted by molar-refractivity contribution is -0.143. The number of unbranched alkanes of at least 4 members (excludes halogenated alkanes) is 5. The molecule has 1 fully saturated rings. The van der Waals surface area contributed by atoms with Crippen LogP contribution in [0.4, 0.5) is 4.79 Å². The van der Waals surface area contributed by atoms with E-state index in [1.54, 1.807) is 25.7 Å². The molecule has 2 unspecified atom stereocenters. The van der Waals surface area contributed by atoms with Crippen LogP contribution in [0.1, 0.15) is 129 Å². The number of alkyl carbamates (subject to hydrolysis) is 1. The second-order valence-corrected chi connectivity index (χ2v) is 12.8. The van der Waals surface area contributed by atoms with Gasteiger partial charge in [0, 0.05) is 12.6 Å². The maximum absolute atomic E-state index is 14.3. The quantitative estimate of drug-likeness (QED) is 0.236. The number of carbonyl (C=O) groups excluding carboxylic acids is 3. The fourth-order valence-corrected chi connectivity index (χ4v) is 5.40. The van der Waals surface area contributed by atoms with Gasteiger partial charge in [-0.05, 0) is 58.4 Å². The molecule has 0 aromatic heterocycles. The second-order valence-electron chi connectivity index (χ2n) is 12.8. The van der Waals surface area contributed by atoms with Gasteiger partial charge in [0.05, 0.1) is 0 Å². The molecule has 7 nitrogen and oxygen atoms in total.